The van der Waals surface area contributed by atoms with Gasteiger partial charge in [0.25, 0.3) is 0 Å². The lowest BCUT2D eigenvalue weighted by molar-refractivity contribution is 0.0737. The molecule has 0 fully saturated rings. The second-order valence-electron chi connectivity index (χ2n) is 3.47. The van der Waals surface area contributed by atoms with E-state index in [1.165, 1.54) is 5.56 Å². The van der Waals surface area contributed by atoms with Crippen molar-refractivity contribution < 1.29 is 4.74 Å². The van der Waals surface area contributed by atoms with Crippen LogP contribution in [0.4, 0.5) is 0 Å². The zero-order valence-electron chi connectivity index (χ0n) is 8.91. The van der Waals surface area contributed by atoms with Gasteiger partial charge >= 0.3 is 0 Å². The van der Waals surface area contributed by atoms with E-state index in [0.29, 0.717) is 18.4 Å². The Bertz CT molecular complexity index is 282. The first-order chi connectivity index (χ1) is 7.77. The maximum Gasteiger partial charge on any atom is 0.0846 e. The van der Waals surface area contributed by atoms with Gasteiger partial charge in [-0.05, 0) is 12.0 Å². The number of benzene rings is 1. The van der Waals surface area contributed by atoms with Crippen molar-refractivity contribution in [2.24, 2.45) is 0 Å². The van der Waals surface area contributed by atoms with Crippen molar-refractivity contribution in [3.8, 4) is 0 Å². The second kappa shape index (κ2) is 8.35. The molecule has 16 heavy (non-hydrogen) atoms. The molecule has 0 aliphatic carbocycles. The molecule has 2 atom stereocenters. The third-order valence-electron chi connectivity index (χ3n) is 2.27. The summed E-state index contributed by atoms with van der Waals surface area (Å²) in [6.45, 7) is 0.667. The Labute approximate surface area is 115 Å². The minimum atomic E-state index is -0.0251. The van der Waals surface area contributed by atoms with Gasteiger partial charge in [-0.25, -0.2) is 0 Å². The maximum atomic E-state index is 5.81. The van der Waals surface area contributed by atoms with E-state index >= 15 is 0 Å². The van der Waals surface area contributed by atoms with E-state index in [-0.39, 0.29) is 10.9 Å². The van der Waals surface area contributed by atoms with E-state index in [9.17, 15) is 0 Å². The summed E-state index contributed by atoms with van der Waals surface area (Å²) in [6, 6.07) is 10.2. The van der Waals surface area contributed by atoms with Crippen molar-refractivity contribution in [2.75, 3.05) is 18.4 Å². The topological polar surface area (TPSA) is 9.23 Å². The zero-order chi connectivity index (χ0) is 11.8. The highest BCUT2D eigenvalue weighted by molar-refractivity contribution is 9.09. The molecule has 1 aromatic carbocycles. The molecule has 0 aliphatic heterocycles. The summed E-state index contributed by atoms with van der Waals surface area (Å²) in [4.78, 5) is 0.113. The fraction of sp³-hybridized carbons (Fsp3) is 0.500. The molecule has 0 saturated heterocycles. The normalized spacial score (nSPS) is 14.7. The molecule has 1 rings (SSSR count). The Morgan fingerprint density at radius 2 is 1.81 bits per heavy atom. The van der Waals surface area contributed by atoms with E-state index in [1.54, 1.807) is 0 Å². The fourth-order valence-electron chi connectivity index (χ4n) is 1.32. The number of ether oxygens (including phenoxy) is 1. The standard InChI is InChI=1S/C12H15BrCl2O/c13-11(8-14)12(9-15)16-7-6-10-4-2-1-3-5-10/h1-5,11-12H,6-9H2. The van der Waals surface area contributed by atoms with Crippen molar-refractivity contribution in [3.63, 3.8) is 0 Å². The van der Waals surface area contributed by atoms with Crippen molar-refractivity contribution >= 4 is 39.1 Å². The number of rotatable bonds is 7. The maximum absolute atomic E-state index is 5.81. The van der Waals surface area contributed by atoms with Gasteiger partial charge in [0, 0.05) is 11.8 Å². The minimum absolute atomic E-state index is 0.0251. The highest BCUT2D eigenvalue weighted by Gasteiger charge is 2.17. The molecule has 2 unspecified atom stereocenters. The number of alkyl halides is 3. The largest absolute Gasteiger partial charge is 0.375 e. The van der Waals surface area contributed by atoms with Crippen LogP contribution in [-0.4, -0.2) is 29.3 Å². The lowest BCUT2D eigenvalue weighted by Gasteiger charge is -2.19. The third kappa shape index (κ3) is 5.05. The lowest BCUT2D eigenvalue weighted by Crippen LogP contribution is -2.28. The molecule has 0 amide bonds. The van der Waals surface area contributed by atoms with Gasteiger partial charge in [0.1, 0.15) is 0 Å². The molecule has 0 spiro atoms. The monoisotopic (exact) mass is 324 g/mol. The van der Waals surface area contributed by atoms with Gasteiger partial charge in [0.15, 0.2) is 0 Å². The average molecular weight is 326 g/mol. The van der Waals surface area contributed by atoms with Crippen LogP contribution in [0.15, 0.2) is 30.3 Å². The Kier molecular flexibility index (Phi) is 7.46. The Morgan fingerprint density at radius 1 is 1.12 bits per heavy atom. The highest BCUT2D eigenvalue weighted by atomic mass is 79.9. The average Bonchev–Trinajstić information content (AvgIpc) is 2.35. The SMILES string of the molecule is ClCC(Br)C(CCl)OCCc1ccccc1. The van der Waals surface area contributed by atoms with Crippen LogP contribution < -0.4 is 0 Å². The molecule has 0 saturated carbocycles. The molecule has 0 bridgehead atoms. The molecule has 1 aromatic rings. The number of hydrogen-bond donors (Lipinski definition) is 0. The summed E-state index contributed by atoms with van der Waals surface area (Å²) in [6.07, 6.45) is 0.874. The van der Waals surface area contributed by atoms with Gasteiger partial charge < -0.3 is 4.74 Å². The molecule has 0 heterocycles. The van der Waals surface area contributed by atoms with Gasteiger partial charge in [-0.2, -0.15) is 0 Å². The number of halogens is 3. The van der Waals surface area contributed by atoms with Crippen LogP contribution in [0, 0.1) is 0 Å². The second-order valence-corrected chi connectivity index (χ2v) is 5.26. The fourth-order valence-corrected chi connectivity index (χ4v) is 2.38. The predicted molar refractivity (Wildman–Crippen MR) is 74.0 cm³/mol. The molecule has 0 aliphatic rings. The van der Waals surface area contributed by atoms with E-state index in [2.05, 4.69) is 28.1 Å². The summed E-state index contributed by atoms with van der Waals surface area (Å²) in [5, 5.41) is 0. The van der Waals surface area contributed by atoms with Gasteiger partial charge in [0.2, 0.25) is 0 Å². The van der Waals surface area contributed by atoms with E-state index in [0.717, 1.165) is 6.42 Å². The summed E-state index contributed by atoms with van der Waals surface area (Å²) < 4.78 is 5.68. The number of hydrogen-bond acceptors (Lipinski definition) is 1. The Morgan fingerprint density at radius 3 is 2.38 bits per heavy atom. The summed E-state index contributed by atoms with van der Waals surface area (Å²) in [5.74, 6) is 0.958. The molecular weight excluding hydrogens is 311 g/mol. The minimum Gasteiger partial charge on any atom is -0.375 e. The smallest absolute Gasteiger partial charge is 0.0846 e. The van der Waals surface area contributed by atoms with Crippen molar-refractivity contribution in [1.29, 1.82) is 0 Å². The summed E-state index contributed by atoms with van der Waals surface area (Å²) in [5.41, 5.74) is 1.27. The van der Waals surface area contributed by atoms with Crippen LogP contribution in [0.2, 0.25) is 0 Å². The van der Waals surface area contributed by atoms with Crippen LogP contribution >= 0.6 is 39.1 Å². The van der Waals surface area contributed by atoms with E-state index in [1.807, 2.05) is 18.2 Å². The Hall–Kier alpha value is 0.240. The first-order valence-electron chi connectivity index (χ1n) is 5.19. The quantitative estimate of drug-likeness (QED) is 0.692. The van der Waals surface area contributed by atoms with Crippen LogP contribution in [0.5, 0.6) is 0 Å². The first kappa shape index (κ1) is 14.3. The van der Waals surface area contributed by atoms with Crippen LogP contribution in [0.1, 0.15) is 5.56 Å². The summed E-state index contributed by atoms with van der Waals surface area (Å²) >= 11 is 15.0. The third-order valence-corrected chi connectivity index (χ3v) is 4.19. The van der Waals surface area contributed by atoms with Crippen molar-refractivity contribution in [2.45, 2.75) is 17.4 Å². The van der Waals surface area contributed by atoms with Gasteiger partial charge in [-0.1, -0.05) is 46.3 Å². The molecule has 0 N–H and O–H groups in total. The molecule has 1 nitrogen and oxygen atoms in total. The molecule has 90 valence electrons. The van der Waals surface area contributed by atoms with E-state index < -0.39 is 0 Å². The molecular formula is C12H15BrCl2O. The van der Waals surface area contributed by atoms with Gasteiger partial charge in [0.05, 0.1) is 17.5 Å². The predicted octanol–water partition coefficient (Wildman–Crippen LogP) is 3.86. The van der Waals surface area contributed by atoms with E-state index in [4.69, 9.17) is 27.9 Å². The van der Waals surface area contributed by atoms with Crippen molar-refractivity contribution in [3.05, 3.63) is 35.9 Å². The Balaban J connectivity index is 2.28. The zero-order valence-corrected chi connectivity index (χ0v) is 12.0. The molecule has 4 heteroatoms. The van der Waals surface area contributed by atoms with Gasteiger partial charge in [-0.15, -0.1) is 23.2 Å². The molecule has 0 aromatic heterocycles. The molecule has 0 radical (unpaired) electrons. The first-order valence-corrected chi connectivity index (χ1v) is 7.18. The van der Waals surface area contributed by atoms with Crippen LogP contribution in [-0.2, 0) is 11.2 Å². The summed E-state index contributed by atoms with van der Waals surface area (Å²) in [7, 11) is 0. The van der Waals surface area contributed by atoms with Crippen LogP contribution in [0.3, 0.4) is 0 Å². The lowest BCUT2D eigenvalue weighted by atomic mass is 10.2. The highest BCUT2D eigenvalue weighted by Crippen LogP contribution is 2.13. The van der Waals surface area contributed by atoms with Crippen LogP contribution in [0.25, 0.3) is 0 Å². The van der Waals surface area contributed by atoms with Crippen molar-refractivity contribution in [1.82, 2.24) is 0 Å². The van der Waals surface area contributed by atoms with Gasteiger partial charge in [-0.3, -0.25) is 0 Å².